The van der Waals surface area contributed by atoms with Gasteiger partial charge in [0, 0.05) is 0 Å². The van der Waals surface area contributed by atoms with E-state index in [1.165, 1.54) is 30.3 Å². The van der Waals surface area contributed by atoms with E-state index in [0.29, 0.717) is 29.2 Å². The Hall–Kier alpha value is -3.50. The lowest BCUT2D eigenvalue weighted by Gasteiger charge is -2.13. The molecule has 8 heteroatoms. The Morgan fingerprint density at radius 2 is 1.97 bits per heavy atom. The first kappa shape index (κ1) is 21.2. The van der Waals surface area contributed by atoms with Crippen LogP contribution in [0.2, 0.25) is 5.02 Å². The highest BCUT2D eigenvalue weighted by Crippen LogP contribution is 2.37. The van der Waals surface area contributed by atoms with Crippen molar-refractivity contribution >= 4 is 29.6 Å². The summed E-state index contributed by atoms with van der Waals surface area (Å²) in [6, 6.07) is 8.21. The maximum absolute atomic E-state index is 13.1. The van der Waals surface area contributed by atoms with Crippen LogP contribution in [0.15, 0.2) is 42.1 Å². The second-order valence-corrected chi connectivity index (χ2v) is 6.67. The summed E-state index contributed by atoms with van der Waals surface area (Å²) in [6.07, 6.45) is 6.71. The molecule has 0 saturated carbocycles. The molecule has 6 nitrogen and oxygen atoms in total. The summed E-state index contributed by atoms with van der Waals surface area (Å²) in [6.45, 7) is 2.21. The first-order chi connectivity index (χ1) is 14.4. The Kier molecular flexibility index (Phi) is 6.60. The number of ether oxygens (including phenoxy) is 2. The Morgan fingerprint density at radius 3 is 2.63 bits per heavy atom. The SMILES string of the molecule is C#CCOc1c(Cl)cc(/C=C2/NC(=O)N(Cc3ccc(F)cc3)C2=O)cc1OCC. The standard InChI is InChI=1S/C22H18ClFN2O4/c1-3-9-30-20-17(23)10-15(12-19(20)29-4-2)11-18-21(27)26(22(28)25-18)13-14-5-7-16(24)8-6-14/h1,5-8,10-12H,4,9,13H2,2H3,(H,25,28)/b18-11+. The zero-order chi connectivity index (χ0) is 21.7. The van der Waals surface area contributed by atoms with E-state index in [-0.39, 0.29) is 23.9 Å². The fourth-order valence-electron chi connectivity index (χ4n) is 2.84. The van der Waals surface area contributed by atoms with Gasteiger partial charge in [-0.15, -0.1) is 6.42 Å². The van der Waals surface area contributed by atoms with Crippen LogP contribution in [0.4, 0.5) is 9.18 Å². The van der Waals surface area contributed by atoms with E-state index in [4.69, 9.17) is 27.5 Å². The topological polar surface area (TPSA) is 67.9 Å². The third kappa shape index (κ3) is 4.73. The average Bonchev–Trinajstić information content (AvgIpc) is 2.96. The number of nitrogens with zero attached hydrogens (tertiary/aromatic N) is 1. The van der Waals surface area contributed by atoms with Crippen LogP contribution < -0.4 is 14.8 Å². The van der Waals surface area contributed by atoms with Gasteiger partial charge in [-0.05, 0) is 48.4 Å². The van der Waals surface area contributed by atoms with E-state index < -0.39 is 17.8 Å². The lowest BCUT2D eigenvalue weighted by Crippen LogP contribution is -2.30. The van der Waals surface area contributed by atoms with E-state index in [1.54, 1.807) is 19.1 Å². The number of terminal acetylenes is 1. The highest BCUT2D eigenvalue weighted by atomic mass is 35.5. The van der Waals surface area contributed by atoms with Gasteiger partial charge in [0.05, 0.1) is 18.2 Å². The van der Waals surface area contributed by atoms with Gasteiger partial charge in [0.15, 0.2) is 11.5 Å². The number of carbonyl (C=O) groups is 2. The third-order valence-corrected chi connectivity index (χ3v) is 4.44. The number of rotatable bonds is 7. The largest absolute Gasteiger partial charge is 0.490 e. The number of benzene rings is 2. The van der Waals surface area contributed by atoms with Crippen LogP contribution in [0, 0.1) is 18.2 Å². The molecule has 154 valence electrons. The number of hydrogen-bond donors (Lipinski definition) is 1. The quantitative estimate of drug-likeness (QED) is 0.411. The molecule has 1 aliphatic rings. The molecule has 2 aromatic carbocycles. The van der Waals surface area contributed by atoms with Crippen LogP contribution in [-0.2, 0) is 11.3 Å². The number of halogens is 2. The van der Waals surface area contributed by atoms with Gasteiger partial charge in [-0.3, -0.25) is 9.69 Å². The lowest BCUT2D eigenvalue weighted by atomic mass is 10.1. The summed E-state index contributed by atoms with van der Waals surface area (Å²) in [5.74, 6) is 2.13. The fraction of sp³-hybridized carbons (Fsp3) is 0.182. The first-order valence-corrected chi connectivity index (χ1v) is 9.42. The van der Waals surface area contributed by atoms with Crippen molar-refractivity contribution in [3.63, 3.8) is 0 Å². The molecule has 0 unspecified atom stereocenters. The summed E-state index contributed by atoms with van der Waals surface area (Å²) < 4.78 is 24.1. The number of imide groups is 1. The van der Waals surface area contributed by atoms with E-state index in [9.17, 15) is 14.0 Å². The maximum Gasteiger partial charge on any atom is 0.329 e. The molecule has 0 atom stereocenters. The van der Waals surface area contributed by atoms with Crippen molar-refractivity contribution in [2.45, 2.75) is 13.5 Å². The molecule has 3 rings (SSSR count). The van der Waals surface area contributed by atoms with Gasteiger partial charge in [-0.2, -0.15) is 0 Å². The van der Waals surface area contributed by atoms with Crippen LogP contribution in [0.25, 0.3) is 6.08 Å². The Balaban J connectivity index is 1.85. The number of hydrogen-bond acceptors (Lipinski definition) is 4. The van der Waals surface area contributed by atoms with E-state index in [0.717, 1.165) is 4.90 Å². The van der Waals surface area contributed by atoms with Crippen LogP contribution in [0.5, 0.6) is 11.5 Å². The minimum Gasteiger partial charge on any atom is -0.490 e. The summed E-state index contributed by atoms with van der Waals surface area (Å²) in [7, 11) is 0. The summed E-state index contributed by atoms with van der Waals surface area (Å²) in [5.41, 5.74) is 1.24. The molecule has 1 saturated heterocycles. The molecule has 0 aromatic heterocycles. The van der Waals surface area contributed by atoms with Crippen LogP contribution >= 0.6 is 11.6 Å². The van der Waals surface area contributed by atoms with Gasteiger partial charge in [0.1, 0.15) is 18.1 Å². The van der Waals surface area contributed by atoms with Crippen molar-refractivity contribution in [1.29, 1.82) is 0 Å². The maximum atomic E-state index is 13.1. The number of carbonyl (C=O) groups excluding carboxylic acids is 2. The van der Waals surface area contributed by atoms with Crippen molar-refractivity contribution in [3.05, 3.63) is 64.1 Å². The van der Waals surface area contributed by atoms with Crippen molar-refractivity contribution in [3.8, 4) is 23.8 Å². The highest BCUT2D eigenvalue weighted by Gasteiger charge is 2.33. The van der Waals surface area contributed by atoms with Gasteiger partial charge in [0.2, 0.25) is 0 Å². The van der Waals surface area contributed by atoms with Crippen molar-refractivity contribution in [2.75, 3.05) is 13.2 Å². The average molecular weight is 429 g/mol. The smallest absolute Gasteiger partial charge is 0.329 e. The summed E-state index contributed by atoms with van der Waals surface area (Å²) >= 11 is 6.29. The second kappa shape index (κ2) is 9.33. The minimum atomic E-state index is -0.569. The second-order valence-electron chi connectivity index (χ2n) is 6.26. The molecule has 1 fully saturated rings. The number of urea groups is 1. The van der Waals surface area contributed by atoms with Crippen LogP contribution in [-0.4, -0.2) is 30.1 Å². The molecular weight excluding hydrogens is 411 g/mol. The number of nitrogens with one attached hydrogen (secondary N) is 1. The van der Waals surface area contributed by atoms with Crippen molar-refractivity contribution < 1.29 is 23.5 Å². The summed E-state index contributed by atoms with van der Waals surface area (Å²) in [4.78, 5) is 26.0. The van der Waals surface area contributed by atoms with Crippen LogP contribution in [0.3, 0.4) is 0 Å². The van der Waals surface area contributed by atoms with Crippen molar-refractivity contribution in [1.82, 2.24) is 10.2 Å². The van der Waals surface area contributed by atoms with Gasteiger partial charge >= 0.3 is 6.03 Å². The summed E-state index contributed by atoms with van der Waals surface area (Å²) in [5, 5.41) is 2.79. The van der Waals surface area contributed by atoms with E-state index >= 15 is 0 Å². The van der Waals surface area contributed by atoms with Crippen molar-refractivity contribution in [2.24, 2.45) is 0 Å². The zero-order valence-corrected chi connectivity index (χ0v) is 16.8. The van der Waals surface area contributed by atoms with Crippen LogP contribution in [0.1, 0.15) is 18.1 Å². The third-order valence-electron chi connectivity index (χ3n) is 4.16. The normalized spacial score (nSPS) is 14.6. The predicted octanol–water partition coefficient (Wildman–Crippen LogP) is 3.98. The van der Waals surface area contributed by atoms with E-state index in [1.807, 2.05) is 0 Å². The molecule has 0 aliphatic carbocycles. The number of amides is 3. The molecular formula is C22H18ClFN2O4. The first-order valence-electron chi connectivity index (χ1n) is 9.04. The molecule has 2 aromatic rings. The molecule has 1 aliphatic heterocycles. The lowest BCUT2D eigenvalue weighted by molar-refractivity contribution is -0.123. The highest BCUT2D eigenvalue weighted by molar-refractivity contribution is 6.32. The molecule has 3 amide bonds. The molecule has 1 N–H and O–H groups in total. The Labute approximate surface area is 178 Å². The van der Waals surface area contributed by atoms with Gasteiger partial charge in [-0.25, -0.2) is 9.18 Å². The fourth-order valence-corrected chi connectivity index (χ4v) is 3.12. The molecule has 0 radical (unpaired) electrons. The Morgan fingerprint density at radius 1 is 1.23 bits per heavy atom. The molecule has 30 heavy (non-hydrogen) atoms. The van der Waals surface area contributed by atoms with Gasteiger partial charge in [0.25, 0.3) is 5.91 Å². The molecule has 0 bridgehead atoms. The molecule has 0 spiro atoms. The Bertz CT molecular complexity index is 1040. The predicted molar refractivity (Wildman–Crippen MR) is 110 cm³/mol. The van der Waals surface area contributed by atoms with E-state index in [2.05, 4.69) is 11.2 Å². The monoisotopic (exact) mass is 428 g/mol. The zero-order valence-electron chi connectivity index (χ0n) is 16.1. The van der Waals surface area contributed by atoms with Gasteiger partial charge in [-0.1, -0.05) is 29.7 Å². The van der Waals surface area contributed by atoms with Gasteiger partial charge < -0.3 is 14.8 Å². The molecule has 1 heterocycles. The minimum absolute atomic E-state index is 0.0199.